The van der Waals surface area contributed by atoms with Gasteiger partial charge in [-0.15, -0.1) is 0 Å². The van der Waals surface area contributed by atoms with Crippen molar-refractivity contribution in [1.82, 2.24) is 4.90 Å². The van der Waals surface area contributed by atoms with Crippen LogP contribution in [0.1, 0.15) is 22.8 Å². The van der Waals surface area contributed by atoms with Crippen LogP contribution in [0.25, 0.3) is 0 Å². The van der Waals surface area contributed by atoms with Gasteiger partial charge in [-0.2, -0.15) is 13.2 Å². The summed E-state index contributed by atoms with van der Waals surface area (Å²) in [5.74, 6) is -3.66. The minimum absolute atomic E-state index is 0.0386. The molecule has 0 radical (unpaired) electrons. The monoisotopic (exact) mass is 386 g/mol. The van der Waals surface area contributed by atoms with E-state index in [0.717, 1.165) is 29.2 Å². The van der Waals surface area contributed by atoms with E-state index in [1.165, 1.54) is 19.1 Å². The van der Waals surface area contributed by atoms with Crippen LogP contribution in [-0.2, 0) is 11.0 Å². The van der Waals surface area contributed by atoms with Gasteiger partial charge >= 0.3 is 6.18 Å². The van der Waals surface area contributed by atoms with Crippen LogP contribution in [0.5, 0.6) is 0 Å². The molecule has 0 fully saturated rings. The molecule has 0 unspecified atom stereocenters. The molecule has 2 aromatic carbocycles. The van der Waals surface area contributed by atoms with Gasteiger partial charge in [0.15, 0.2) is 0 Å². The first-order valence-corrected chi connectivity index (χ1v) is 7.84. The molecule has 2 amide bonds. The molecular weight excluding hydrogens is 371 g/mol. The number of hydrogen-bond donors (Lipinski definition) is 1. The molecule has 0 heterocycles. The zero-order chi connectivity index (χ0) is 20.2. The van der Waals surface area contributed by atoms with Crippen LogP contribution < -0.4 is 5.32 Å². The van der Waals surface area contributed by atoms with Gasteiger partial charge in [0.2, 0.25) is 5.91 Å². The van der Waals surface area contributed by atoms with Crippen LogP contribution >= 0.6 is 0 Å². The minimum atomic E-state index is -4.67. The average Bonchev–Trinajstić information content (AvgIpc) is 2.60. The molecule has 0 saturated carbocycles. The normalized spacial score (nSPS) is 11.2. The number of para-hydroxylation sites is 1. The van der Waals surface area contributed by atoms with Crippen molar-refractivity contribution in [1.29, 1.82) is 0 Å². The largest absolute Gasteiger partial charge is 0.418 e. The fourth-order valence-electron chi connectivity index (χ4n) is 2.36. The molecule has 9 heteroatoms. The number of alkyl halides is 3. The lowest BCUT2D eigenvalue weighted by atomic mass is 10.1. The lowest BCUT2D eigenvalue weighted by molar-refractivity contribution is -0.137. The Balaban J connectivity index is 2.17. The number of amides is 2. The van der Waals surface area contributed by atoms with Crippen molar-refractivity contribution in [2.45, 2.75) is 13.1 Å². The fourth-order valence-corrected chi connectivity index (χ4v) is 2.36. The van der Waals surface area contributed by atoms with Gasteiger partial charge in [0, 0.05) is 6.54 Å². The van der Waals surface area contributed by atoms with Crippen molar-refractivity contribution in [2.75, 3.05) is 18.4 Å². The van der Waals surface area contributed by atoms with Gasteiger partial charge in [-0.25, -0.2) is 8.78 Å². The molecular formula is C18H15F5N2O2. The Morgan fingerprint density at radius 3 is 2.37 bits per heavy atom. The summed E-state index contributed by atoms with van der Waals surface area (Å²) in [5.41, 5.74) is -2.07. The highest BCUT2D eigenvalue weighted by atomic mass is 19.4. The number of carbonyl (C=O) groups is 2. The van der Waals surface area contributed by atoms with Crippen molar-refractivity contribution in [2.24, 2.45) is 0 Å². The topological polar surface area (TPSA) is 49.4 Å². The van der Waals surface area contributed by atoms with Gasteiger partial charge in [0.05, 0.1) is 16.8 Å². The third-order valence-corrected chi connectivity index (χ3v) is 3.67. The SMILES string of the molecule is CCN(CC(=O)Nc1ccccc1C(F)(F)F)C(=O)c1cc(F)ccc1F. The summed E-state index contributed by atoms with van der Waals surface area (Å²) in [6.07, 6.45) is -4.67. The van der Waals surface area contributed by atoms with Crippen LogP contribution in [0.2, 0.25) is 0 Å². The van der Waals surface area contributed by atoms with Gasteiger partial charge in [0.1, 0.15) is 18.2 Å². The molecule has 144 valence electrons. The Labute approximate surface area is 151 Å². The Kier molecular flexibility index (Phi) is 6.14. The standard InChI is InChI=1S/C18H15F5N2O2/c1-2-25(17(27)12-9-11(19)7-8-14(12)20)10-16(26)24-15-6-4-3-5-13(15)18(21,22)23/h3-9H,2,10H2,1H3,(H,24,26). The van der Waals surface area contributed by atoms with Crippen LogP contribution in [0.4, 0.5) is 27.6 Å². The molecule has 0 aliphatic carbocycles. The lowest BCUT2D eigenvalue weighted by Crippen LogP contribution is -2.38. The lowest BCUT2D eigenvalue weighted by Gasteiger charge is -2.21. The van der Waals surface area contributed by atoms with Crippen LogP contribution in [-0.4, -0.2) is 29.8 Å². The number of nitrogens with zero attached hydrogens (tertiary/aromatic N) is 1. The van der Waals surface area contributed by atoms with Gasteiger partial charge in [0.25, 0.3) is 5.91 Å². The Morgan fingerprint density at radius 2 is 1.74 bits per heavy atom. The molecule has 2 aromatic rings. The van der Waals surface area contributed by atoms with Crippen LogP contribution in [0.15, 0.2) is 42.5 Å². The average molecular weight is 386 g/mol. The zero-order valence-electron chi connectivity index (χ0n) is 14.1. The second-order valence-corrected chi connectivity index (χ2v) is 5.54. The molecule has 0 aromatic heterocycles. The Hall–Kier alpha value is -2.97. The third-order valence-electron chi connectivity index (χ3n) is 3.67. The fraction of sp³-hybridized carbons (Fsp3) is 0.222. The highest BCUT2D eigenvalue weighted by Crippen LogP contribution is 2.34. The van der Waals surface area contributed by atoms with E-state index in [-0.39, 0.29) is 6.54 Å². The number of anilines is 1. The van der Waals surface area contributed by atoms with E-state index in [2.05, 4.69) is 5.32 Å². The highest BCUT2D eigenvalue weighted by Gasteiger charge is 2.33. The first kappa shape index (κ1) is 20.3. The first-order chi connectivity index (χ1) is 12.6. The Bertz CT molecular complexity index is 852. The number of rotatable bonds is 5. The van der Waals surface area contributed by atoms with E-state index in [1.807, 2.05) is 0 Å². The second kappa shape index (κ2) is 8.15. The maximum Gasteiger partial charge on any atom is 0.418 e. The first-order valence-electron chi connectivity index (χ1n) is 7.84. The van der Waals surface area contributed by atoms with Gasteiger partial charge in [-0.05, 0) is 37.3 Å². The van der Waals surface area contributed by atoms with Crippen molar-refractivity contribution in [3.05, 3.63) is 65.2 Å². The van der Waals surface area contributed by atoms with Crippen LogP contribution in [0, 0.1) is 11.6 Å². The predicted molar refractivity (Wildman–Crippen MR) is 88.0 cm³/mol. The molecule has 0 atom stereocenters. The number of halogens is 5. The molecule has 0 aliphatic rings. The zero-order valence-corrected chi connectivity index (χ0v) is 14.1. The van der Waals surface area contributed by atoms with E-state index in [1.54, 1.807) is 0 Å². The van der Waals surface area contributed by atoms with E-state index in [4.69, 9.17) is 0 Å². The van der Waals surface area contributed by atoms with Crippen molar-refractivity contribution in [3.63, 3.8) is 0 Å². The second-order valence-electron chi connectivity index (χ2n) is 5.54. The van der Waals surface area contributed by atoms with E-state index in [0.29, 0.717) is 6.07 Å². The van der Waals surface area contributed by atoms with Crippen molar-refractivity contribution < 1.29 is 31.5 Å². The van der Waals surface area contributed by atoms with Crippen LogP contribution in [0.3, 0.4) is 0 Å². The quantitative estimate of drug-likeness (QED) is 0.788. The maximum atomic E-state index is 13.7. The van der Waals surface area contributed by atoms with Crippen molar-refractivity contribution in [3.8, 4) is 0 Å². The van der Waals surface area contributed by atoms with Gasteiger partial charge in [-0.3, -0.25) is 9.59 Å². The summed E-state index contributed by atoms with van der Waals surface area (Å²) < 4.78 is 65.9. The van der Waals surface area contributed by atoms with Gasteiger partial charge < -0.3 is 10.2 Å². The summed E-state index contributed by atoms with van der Waals surface area (Å²) in [6.45, 7) is 0.826. The van der Waals surface area contributed by atoms with E-state index in [9.17, 15) is 31.5 Å². The highest BCUT2D eigenvalue weighted by molar-refractivity contribution is 5.99. The van der Waals surface area contributed by atoms with Crippen molar-refractivity contribution >= 4 is 17.5 Å². The maximum absolute atomic E-state index is 13.7. The van der Waals surface area contributed by atoms with E-state index >= 15 is 0 Å². The summed E-state index contributed by atoms with van der Waals surface area (Å²) >= 11 is 0. The minimum Gasteiger partial charge on any atom is -0.330 e. The summed E-state index contributed by atoms with van der Waals surface area (Å²) in [6, 6.07) is 6.67. The smallest absolute Gasteiger partial charge is 0.330 e. The predicted octanol–water partition coefficient (Wildman–Crippen LogP) is 4.08. The molecule has 2 rings (SSSR count). The van der Waals surface area contributed by atoms with E-state index < -0.39 is 53.0 Å². The number of carbonyl (C=O) groups excluding carboxylic acids is 2. The molecule has 27 heavy (non-hydrogen) atoms. The molecule has 0 saturated heterocycles. The molecule has 4 nitrogen and oxygen atoms in total. The summed E-state index contributed by atoms with van der Waals surface area (Å²) in [5, 5.41) is 2.09. The summed E-state index contributed by atoms with van der Waals surface area (Å²) in [4.78, 5) is 25.3. The Morgan fingerprint density at radius 1 is 1.07 bits per heavy atom. The van der Waals surface area contributed by atoms with Gasteiger partial charge in [-0.1, -0.05) is 12.1 Å². The number of likely N-dealkylation sites (N-methyl/N-ethyl adjacent to an activating group) is 1. The molecule has 1 N–H and O–H groups in total. The number of hydrogen-bond acceptors (Lipinski definition) is 2. The third kappa shape index (κ3) is 5.02. The summed E-state index contributed by atoms with van der Waals surface area (Å²) in [7, 11) is 0. The molecule has 0 aliphatic heterocycles. The number of benzene rings is 2. The molecule has 0 bridgehead atoms. The molecule has 0 spiro atoms. The number of nitrogens with one attached hydrogen (secondary N) is 1.